The van der Waals surface area contributed by atoms with E-state index < -0.39 is 11.8 Å². The lowest BCUT2D eigenvalue weighted by Gasteiger charge is -2.30. The van der Waals surface area contributed by atoms with E-state index in [2.05, 4.69) is 31.5 Å². The minimum absolute atomic E-state index is 0.00823. The van der Waals surface area contributed by atoms with Gasteiger partial charge in [-0.25, -0.2) is 0 Å². The van der Waals surface area contributed by atoms with Crippen LogP contribution in [0.1, 0.15) is 36.8 Å². The standard InChI is InChI=1S/C17H17BrF3N3O/c18-13-7-10-4-5-15(13,8-10)14(25)22-9-11-2-1-3-12(6-11)16(23-24-16)17(19,20)21/h1-3,6,10,13H,4-5,7-9H2,(H,22,25). The zero-order valence-corrected chi connectivity index (χ0v) is 14.9. The number of fused-ring (bicyclic) bond motifs is 2. The van der Waals surface area contributed by atoms with Crippen molar-refractivity contribution in [3.8, 4) is 0 Å². The van der Waals surface area contributed by atoms with Crippen molar-refractivity contribution in [2.24, 2.45) is 21.6 Å². The molecule has 0 aromatic heterocycles. The molecular weight excluding hydrogens is 399 g/mol. The average Bonchev–Trinajstić information content (AvgIpc) is 3.21. The Hall–Kier alpha value is -1.44. The van der Waals surface area contributed by atoms with Crippen molar-refractivity contribution in [2.75, 3.05) is 0 Å². The minimum Gasteiger partial charge on any atom is -0.352 e. The number of benzene rings is 1. The fourth-order valence-corrected chi connectivity index (χ4v) is 5.38. The Morgan fingerprint density at radius 3 is 2.68 bits per heavy atom. The van der Waals surface area contributed by atoms with Crippen molar-refractivity contribution in [2.45, 2.75) is 48.9 Å². The summed E-state index contributed by atoms with van der Waals surface area (Å²) >= 11 is 3.64. The van der Waals surface area contributed by atoms with E-state index in [1.165, 1.54) is 12.1 Å². The van der Waals surface area contributed by atoms with Crippen LogP contribution >= 0.6 is 15.9 Å². The first-order chi connectivity index (χ1) is 11.8. The summed E-state index contributed by atoms with van der Waals surface area (Å²) in [5.74, 6) is 0.592. The molecule has 4 rings (SSSR count). The van der Waals surface area contributed by atoms with E-state index in [0.717, 1.165) is 25.7 Å². The van der Waals surface area contributed by atoms with Gasteiger partial charge in [-0.3, -0.25) is 4.79 Å². The van der Waals surface area contributed by atoms with Gasteiger partial charge >= 0.3 is 11.8 Å². The molecule has 3 aliphatic rings. The Labute approximate surface area is 151 Å². The third kappa shape index (κ3) is 2.60. The van der Waals surface area contributed by atoms with Crippen molar-refractivity contribution >= 4 is 21.8 Å². The van der Waals surface area contributed by atoms with Crippen molar-refractivity contribution < 1.29 is 18.0 Å². The summed E-state index contributed by atoms with van der Waals surface area (Å²) in [7, 11) is 0. The van der Waals surface area contributed by atoms with Gasteiger partial charge in [0.1, 0.15) is 0 Å². The summed E-state index contributed by atoms with van der Waals surface area (Å²) in [6.07, 6.45) is -0.694. The molecule has 3 unspecified atom stereocenters. The number of halogens is 4. The van der Waals surface area contributed by atoms with E-state index in [9.17, 15) is 18.0 Å². The van der Waals surface area contributed by atoms with E-state index in [1.807, 2.05) is 0 Å². The maximum absolute atomic E-state index is 13.1. The van der Waals surface area contributed by atoms with Gasteiger partial charge in [-0.1, -0.05) is 34.1 Å². The minimum atomic E-state index is -4.54. The molecule has 134 valence electrons. The van der Waals surface area contributed by atoms with Gasteiger partial charge in [-0.15, -0.1) is 10.2 Å². The molecule has 2 saturated carbocycles. The summed E-state index contributed by atoms with van der Waals surface area (Å²) < 4.78 is 39.3. The van der Waals surface area contributed by atoms with E-state index in [0.29, 0.717) is 11.5 Å². The normalized spacial score (nSPS) is 32.0. The SMILES string of the molecule is O=C(NCc1cccc(C2(C(F)(F)F)N=N2)c1)C12CCC(CC1Br)C2. The first-order valence-electron chi connectivity index (χ1n) is 8.29. The van der Waals surface area contributed by atoms with E-state index in [4.69, 9.17) is 0 Å². The zero-order valence-electron chi connectivity index (χ0n) is 13.3. The third-order valence-corrected chi connectivity index (χ3v) is 6.97. The maximum Gasteiger partial charge on any atom is 0.442 e. The Bertz CT molecular complexity index is 745. The summed E-state index contributed by atoms with van der Waals surface area (Å²) in [6.45, 7) is 0.201. The number of rotatable bonds is 4. The molecule has 0 spiro atoms. The molecule has 4 nitrogen and oxygen atoms in total. The topological polar surface area (TPSA) is 53.8 Å². The van der Waals surface area contributed by atoms with Crippen LogP contribution in [0.2, 0.25) is 0 Å². The van der Waals surface area contributed by atoms with Gasteiger partial charge in [0.25, 0.3) is 0 Å². The number of carbonyl (C=O) groups is 1. The Morgan fingerprint density at radius 2 is 2.12 bits per heavy atom. The van der Waals surface area contributed by atoms with Crippen LogP contribution in [0.4, 0.5) is 13.2 Å². The number of hydrogen-bond acceptors (Lipinski definition) is 3. The van der Waals surface area contributed by atoms with Crippen molar-refractivity contribution in [1.82, 2.24) is 5.32 Å². The van der Waals surface area contributed by atoms with Gasteiger partial charge in [-0.05, 0) is 43.2 Å². The van der Waals surface area contributed by atoms with Crippen molar-refractivity contribution in [3.63, 3.8) is 0 Å². The molecule has 0 saturated heterocycles. The van der Waals surface area contributed by atoms with Gasteiger partial charge < -0.3 is 5.32 Å². The molecule has 1 aromatic carbocycles. The highest BCUT2D eigenvalue weighted by molar-refractivity contribution is 9.09. The largest absolute Gasteiger partial charge is 0.442 e. The first kappa shape index (κ1) is 17.0. The predicted molar refractivity (Wildman–Crippen MR) is 88.0 cm³/mol. The Balaban J connectivity index is 1.46. The van der Waals surface area contributed by atoms with Crippen LogP contribution in [0.15, 0.2) is 34.5 Å². The zero-order chi connectivity index (χ0) is 17.9. The number of hydrogen-bond donors (Lipinski definition) is 1. The molecule has 1 N–H and O–H groups in total. The van der Waals surface area contributed by atoms with Crippen LogP contribution in [0.25, 0.3) is 0 Å². The number of nitrogens with zero attached hydrogens (tertiary/aromatic N) is 2. The Morgan fingerprint density at radius 1 is 1.36 bits per heavy atom. The fraction of sp³-hybridized carbons (Fsp3) is 0.588. The lowest BCUT2D eigenvalue weighted by atomic mass is 9.83. The molecule has 2 bridgehead atoms. The van der Waals surface area contributed by atoms with Crippen LogP contribution < -0.4 is 5.32 Å². The highest BCUT2D eigenvalue weighted by Crippen LogP contribution is 2.57. The van der Waals surface area contributed by atoms with Gasteiger partial charge in [0.05, 0.1) is 5.41 Å². The molecule has 2 aliphatic carbocycles. The maximum atomic E-state index is 13.1. The molecule has 2 fully saturated rings. The molecule has 1 amide bonds. The quantitative estimate of drug-likeness (QED) is 0.726. The van der Waals surface area contributed by atoms with Crippen LogP contribution in [-0.2, 0) is 17.0 Å². The summed E-state index contributed by atoms with van der Waals surface area (Å²) in [5, 5.41) is 9.36. The van der Waals surface area contributed by atoms with Crippen LogP contribution in [0.5, 0.6) is 0 Å². The van der Waals surface area contributed by atoms with Crippen LogP contribution in [0.3, 0.4) is 0 Å². The van der Waals surface area contributed by atoms with Crippen LogP contribution in [-0.4, -0.2) is 16.9 Å². The molecular formula is C17H17BrF3N3O. The third-order valence-electron chi connectivity index (χ3n) is 5.72. The number of carbonyl (C=O) groups excluding carboxylic acids is 1. The fourth-order valence-electron chi connectivity index (χ4n) is 4.23. The molecule has 0 radical (unpaired) electrons. The highest BCUT2D eigenvalue weighted by atomic mass is 79.9. The second-order valence-corrected chi connectivity index (χ2v) is 8.33. The molecule has 1 aliphatic heterocycles. The number of amides is 1. The smallest absolute Gasteiger partial charge is 0.352 e. The van der Waals surface area contributed by atoms with Crippen molar-refractivity contribution in [3.05, 3.63) is 35.4 Å². The molecule has 3 atom stereocenters. The van der Waals surface area contributed by atoms with Gasteiger partial charge in [0, 0.05) is 16.9 Å². The molecule has 1 aromatic rings. The number of nitrogens with one attached hydrogen (secondary N) is 1. The van der Waals surface area contributed by atoms with Crippen molar-refractivity contribution in [1.29, 1.82) is 0 Å². The lowest BCUT2D eigenvalue weighted by molar-refractivity contribution is -0.166. The summed E-state index contributed by atoms with van der Waals surface area (Å²) in [5.41, 5.74) is -2.18. The van der Waals surface area contributed by atoms with E-state index in [-0.39, 0.29) is 28.3 Å². The number of alkyl halides is 4. The van der Waals surface area contributed by atoms with Gasteiger partial charge in [-0.2, -0.15) is 13.2 Å². The Kier molecular flexibility index (Phi) is 3.76. The van der Waals surface area contributed by atoms with Crippen LogP contribution in [0, 0.1) is 11.3 Å². The molecule has 25 heavy (non-hydrogen) atoms. The second kappa shape index (κ2) is 5.53. The summed E-state index contributed by atoms with van der Waals surface area (Å²) in [6, 6.07) is 6.03. The lowest BCUT2D eigenvalue weighted by Crippen LogP contribution is -2.43. The van der Waals surface area contributed by atoms with E-state index in [1.54, 1.807) is 12.1 Å². The van der Waals surface area contributed by atoms with Gasteiger partial charge in [0.2, 0.25) is 5.91 Å². The monoisotopic (exact) mass is 415 g/mol. The first-order valence-corrected chi connectivity index (χ1v) is 9.21. The second-order valence-electron chi connectivity index (χ2n) is 7.22. The molecule has 8 heteroatoms. The summed E-state index contributed by atoms with van der Waals surface area (Å²) in [4.78, 5) is 12.9. The highest BCUT2D eigenvalue weighted by Gasteiger charge is 2.65. The van der Waals surface area contributed by atoms with E-state index >= 15 is 0 Å². The molecule has 1 heterocycles. The average molecular weight is 416 g/mol. The predicted octanol–water partition coefficient (Wildman–Crippen LogP) is 4.44. The van der Waals surface area contributed by atoms with Gasteiger partial charge in [0.15, 0.2) is 0 Å².